The fourth-order valence-electron chi connectivity index (χ4n) is 2.23. The van der Waals surface area contributed by atoms with Crippen LogP contribution in [0.2, 0.25) is 0 Å². The van der Waals surface area contributed by atoms with E-state index in [0.717, 1.165) is 6.42 Å². The molecular formula is C12H21N3O4. The highest BCUT2D eigenvalue weighted by atomic mass is 16.4. The SMILES string of the molecule is CCNC(=O)C(C)NC(=O)NC1CCCC1C(=O)O. The number of hydrogen-bond acceptors (Lipinski definition) is 3. The Kier molecular flexibility index (Phi) is 5.59. The van der Waals surface area contributed by atoms with Gasteiger partial charge in [0, 0.05) is 12.6 Å². The Morgan fingerprint density at radius 3 is 2.58 bits per heavy atom. The van der Waals surface area contributed by atoms with Gasteiger partial charge in [-0.25, -0.2) is 4.79 Å². The van der Waals surface area contributed by atoms with Crippen LogP contribution >= 0.6 is 0 Å². The molecule has 4 N–H and O–H groups in total. The van der Waals surface area contributed by atoms with Gasteiger partial charge in [-0.2, -0.15) is 0 Å². The lowest BCUT2D eigenvalue weighted by atomic mass is 10.0. The maximum Gasteiger partial charge on any atom is 0.315 e. The fraction of sp³-hybridized carbons (Fsp3) is 0.750. The normalized spacial score (nSPS) is 23.5. The first-order valence-corrected chi connectivity index (χ1v) is 6.53. The van der Waals surface area contributed by atoms with Gasteiger partial charge in [-0.15, -0.1) is 0 Å². The number of urea groups is 1. The van der Waals surface area contributed by atoms with Crippen LogP contribution in [0.1, 0.15) is 33.1 Å². The highest BCUT2D eigenvalue weighted by Crippen LogP contribution is 2.25. The summed E-state index contributed by atoms with van der Waals surface area (Å²) < 4.78 is 0. The van der Waals surface area contributed by atoms with E-state index >= 15 is 0 Å². The molecule has 0 spiro atoms. The summed E-state index contributed by atoms with van der Waals surface area (Å²) in [6.07, 6.45) is 2.01. The van der Waals surface area contributed by atoms with Crippen molar-refractivity contribution in [2.24, 2.45) is 5.92 Å². The van der Waals surface area contributed by atoms with Gasteiger partial charge in [-0.1, -0.05) is 6.42 Å². The molecule has 3 atom stereocenters. The number of carbonyl (C=O) groups excluding carboxylic acids is 2. The van der Waals surface area contributed by atoms with Crippen molar-refractivity contribution >= 4 is 17.9 Å². The molecule has 0 aromatic rings. The van der Waals surface area contributed by atoms with Crippen molar-refractivity contribution in [3.05, 3.63) is 0 Å². The average molecular weight is 271 g/mol. The number of nitrogens with one attached hydrogen (secondary N) is 3. The summed E-state index contributed by atoms with van der Waals surface area (Å²) in [5.74, 6) is -1.69. The van der Waals surface area contributed by atoms with Crippen LogP contribution < -0.4 is 16.0 Å². The molecule has 3 amide bonds. The van der Waals surface area contributed by atoms with Gasteiger partial charge in [-0.3, -0.25) is 9.59 Å². The molecule has 1 aliphatic carbocycles. The molecule has 0 aliphatic heterocycles. The van der Waals surface area contributed by atoms with Crippen LogP contribution in [0.4, 0.5) is 4.79 Å². The molecule has 0 saturated heterocycles. The minimum Gasteiger partial charge on any atom is -0.481 e. The van der Waals surface area contributed by atoms with E-state index in [1.54, 1.807) is 13.8 Å². The second-order valence-electron chi connectivity index (χ2n) is 4.72. The summed E-state index contributed by atoms with van der Waals surface area (Å²) in [5.41, 5.74) is 0. The molecule has 0 heterocycles. The molecule has 3 unspecified atom stereocenters. The van der Waals surface area contributed by atoms with Gasteiger partial charge >= 0.3 is 12.0 Å². The van der Waals surface area contributed by atoms with Crippen LogP contribution in [0.15, 0.2) is 0 Å². The summed E-state index contributed by atoms with van der Waals surface area (Å²) in [4.78, 5) is 34.1. The largest absolute Gasteiger partial charge is 0.481 e. The topological polar surface area (TPSA) is 108 Å². The van der Waals surface area contributed by atoms with Crippen molar-refractivity contribution in [3.8, 4) is 0 Å². The molecule has 0 bridgehead atoms. The third-order valence-corrected chi connectivity index (χ3v) is 3.24. The fourth-order valence-corrected chi connectivity index (χ4v) is 2.23. The standard InChI is InChI=1S/C12H21N3O4/c1-3-13-10(16)7(2)14-12(19)15-9-6-4-5-8(9)11(17)18/h7-9H,3-6H2,1-2H3,(H,13,16)(H,17,18)(H2,14,15,19). The second kappa shape index (κ2) is 6.96. The zero-order valence-electron chi connectivity index (χ0n) is 11.2. The molecule has 7 heteroatoms. The number of likely N-dealkylation sites (N-methyl/N-ethyl adjacent to an activating group) is 1. The van der Waals surface area contributed by atoms with E-state index in [0.29, 0.717) is 19.4 Å². The third-order valence-electron chi connectivity index (χ3n) is 3.24. The van der Waals surface area contributed by atoms with Crippen LogP contribution in [-0.4, -0.2) is 41.6 Å². The smallest absolute Gasteiger partial charge is 0.315 e. The van der Waals surface area contributed by atoms with Crippen molar-refractivity contribution in [1.82, 2.24) is 16.0 Å². The van der Waals surface area contributed by atoms with Crippen LogP contribution in [0, 0.1) is 5.92 Å². The van der Waals surface area contributed by atoms with E-state index in [1.165, 1.54) is 0 Å². The zero-order chi connectivity index (χ0) is 14.4. The Bertz CT molecular complexity index is 359. The first kappa shape index (κ1) is 15.3. The predicted molar refractivity (Wildman–Crippen MR) is 68.6 cm³/mol. The van der Waals surface area contributed by atoms with Crippen LogP contribution in [-0.2, 0) is 9.59 Å². The monoisotopic (exact) mass is 271 g/mol. The van der Waals surface area contributed by atoms with Gasteiger partial charge in [0.25, 0.3) is 0 Å². The van der Waals surface area contributed by atoms with E-state index in [9.17, 15) is 14.4 Å². The molecule has 1 saturated carbocycles. The first-order chi connectivity index (χ1) is 8.95. The number of rotatable bonds is 5. The van der Waals surface area contributed by atoms with E-state index in [1.807, 2.05) is 0 Å². The predicted octanol–water partition coefficient (Wildman–Crippen LogP) is 0.0635. The quantitative estimate of drug-likeness (QED) is 0.567. The molecule has 0 radical (unpaired) electrons. The molecule has 7 nitrogen and oxygen atoms in total. The number of carboxylic acid groups (broad SMARTS) is 1. The van der Waals surface area contributed by atoms with Crippen molar-refractivity contribution in [2.45, 2.75) is 45.2 Å². The summed E-state index contributed by atoms with van der Waals surface area (Å²) in [6.45, 7) is 3.87. The number of amides is 3. The van der Waals surface area contributed by atoms with Crippen LogP contribution in [0.3, 0.4) is 0 Å². The molecule has 1 fully saturated rings. The zero-order valence-corrected chi connectivity index (χ0v) is 11.2. The van der Waals surface area contributed by atoms with Gasteiger partial charge in [0.2, 0.25) is 5.91 Å². The van der Waals surface area contributed by atoms with Crippen molar-refractivity contribution in [1.29, 1.82) is 0 Å². The van der Waals surface area contributed by atoms with E-state index < -0.39 is 24.0 Å². The van der Waals surface area contributed by atoms with E-state index in [-0.39, 0.29) is 11.9 Å². The van der Waals surface area contributed by atoms with E-state index in [2.05, 4.69) is 16.0 Å². The summed E-state index contributed by atoms with van der Waals surface area (Å²) in [6, 6.07) is -1.51. The number of carbonyl (C=O) groups is 3. The van der Waals surface area contributed by atoms with Gasteiger partial charge in [0.15, 0.2) is 0 Å². The lowest BCUT2D eigenvalue weighted by Crippen LogP contribution is -2.51. The molecule has 1 rings (SSSR count). The molecule has 19 heavy (non-hydrogen) atoms. The minimum atomic E-state index is -0.889. The summed E-state index contributed by atoms with van der Waals surface area (Å²) in [5, 5.41) is 16.7. The Hall–Kier alpha value is -1.79. The van der Waals surface area contributed by atoms with Crippen LogP contribution in [0.5, 0.6) is 0 Å². The van der Waals surface area contributed by atoms with Gasteiger partial charge in [0.1, 0.15) is 6.04 Å². The third kappa shape index (κ3) is 4.42. The Balaban J connectivity index is 2.42. The Labute approximate surface area is 112 Å². The Morgan fingerprint density at radius 1 is 1.32 bits per heavy atom. The maximum absolute atomic E-state index is 11.7. The summed E-state index contributed by atoms with van der Waals surface area (Å²) in [7, 11) is 0. The van der Waals surface area contributed by atoms with Crippen LogP contribution in [0.25, 0.3) is 0 Å². The number of aliphatic carboxylic acids is 1. The first-order valence-electron chi connectivity index (χ1n) is 6.53. The van der Waals surface area contributed by atoms with E-state index in [4.69, 9.17) is 5.11 Å². The minimum absolute atomic E-state index is 0.265. The lowest BCUT2D eigenvalue weighted by Gasteiger charge is -2.20. The number of hydrogen-bond donors (Lipinski definition) is 4. The highest BCUT2D eigenvalue weighted by molar-refractivity contribution is 5.86. The maximum atomic E-state index is 11.7. The van der Waals surface area contributed by atoms with Gasteiger partial charge < -0.3 is 21.1 Å². The highest BCUT2D eigenvalue weighted by Gasteiger charge is 2.34. The molecule has 0 aromatic carbocycles. The van der Waals surface area contributed by atoms with Gasteiger partial charge in [0.05, 0.1) is 5.92 Å². The molecule has 108 valence electrons. The van der Waals surface area contributed by atoms with Gasteiger partial charge in [-0.05, 0) is 26.7 Å². The second-order valence-corrected chi connectivity index (χ2v) is 4.72. The van der Waals surface area contributed by atoms with Crippen molar-refractivity contribution in [3.63, 3.8) is 0 Å². The molecular weight excluding hydrogens is 250 g/mol. The summed E-state index contributed by atoms with van der Waals surface area (Å²) >= 11 is 0. The Morgan fingerprint density at radius 2 is 2.00 bits per heavy atom. The van der Waals surface area contributed by atoms with Crippen molar-refractivity contribution < 1.29 is 19.5 Å². The average Bonchev–Trinajstić information content (AvgIpc) is 2.77. The van der Waals surface area contributed by atoms with Crippen molar-refractivity contribution in [2.75, 3.05) is 6.54 Å². The molecule has 1 aliphatic rings. The lowest BCUT2D eigenvalue weighted by molar-refractivity contribution is -0.142. The number of carboxylic acids is 1. The molecule has 0 aromatic heterocycles.